The average Bonchev–Trinajstić information content (AvgIpc) is 2.96. The van der Waals surface area contributed by atoms with Crippen molar-refractivity contribution in [1.82, 2.24) is 0 Å². The highest BCUT2D eigenvalue weighted by Gasteiger charge is 2.15. The van der Waals surface area contributed by atoms with Gasteiger partial charge in [0.25, 0.3) is 0 Å². The van der Waals surface area contributed by atoms with Crippen LogP contribution in [-0.2, 0) is 9.47 Å². The Hall–Kier alpha value is -1.29. The Morgan fingerprint density at radius 1 is 1.56 bits per heavy atom. The van der Waals surface area contributed by atoms with Crippen molar-refractivity contribution in [3.63, 3.8) is 0 Å². The lowest BCUT2D eigenvalue weighted by Crippen LogP contribution is -2.09. The molecule has 2 heterocycles. The van der Waals surface area contributed by atoms with Crippen LogP contribution in [-0.4, -0.2) is 25.3 Å². The van der Waals surface area contributed by atoms with Crippen molar-refractivity contribution in [2.75, 3.05) is 13.2 Å². The molecule has 1 aromatic rings. The minimum absolute atomic E-state index is 0.261. The largest absolute Gasteiger partial charge is 0.460 e. The highest BCUT2D eigenvalue weighted by molar-refractivity contribution is 5.86. The number of ether oxygens (including phenoxy) is 2. The molecule has 4 heteroatoms. The molecular weight excluding hydrogens is 208 g/mol. The van der Waals surface area contributed by atoms with Crippen molar-refractivity contribution in [3.05, 3.63) is 24.2 Å². The van der Waals surface area contributed by atoms with Crippen molar-refractivity contribution < 1.29 is 18.7 Å². The molecule has 1 aromatic heterocycles. The maximum Gasteiger partial charge on any atom is 0.374 e. The molecule has 0 bridgehead atoms. The second-order valence-corrected chi connectivity index (χ2v) is 3.89. The first-order chi connectivity index (χ1) is 7.86. The Balaban J connectivity index is 1.59. The fourth-order valence-electron chi connectivity index (χ4n) is 1.81. The third-order valence-electron chi connectivity index (χ3n) is 2.65. The van der Waals surface area contributed by atoms with Crippen molar-refractivity contribution >= 4 is 5.97 Å². The van der Waals surface area contributed by atoms with Crippen LogP contribution in [0.5, 0.6) is 0 Å². The lowest BCUT2D eigenvalue weighted by molar-refractivity contribution is 0.0427. The van der Waals surface area contributed by atoms with E-state index >= 15 is 0 Å². The number of hydrogen-bond donors (Lipinski definition) is 0. The summed E-state index contributed by atoms with van der Waals surface area (Å²) in [6.07, 6.45) is 5.91. The zero-order chi connectivity index (χ0) is 11.2. The van der Waals surface area contributed by atoms with Crippen LogP contribution in [0.3, 0.4) is 0 Å². The molecule has 1 atom stereocenters. The molecule has 4 nitrogen and oxygen atoms in total. The molecular formula is C12H16O4. The predicted octanol–water partition coefficient (Wildman–Crippen LogP) is 2.40. The minimum atomic E-state index is -0.391. The maximum atomic E-state index is 11.4. The zero-order valence-electron chi connectivity index (χ0n) is 9.19. The van der Waals surface area contributed by atoms with Gasteiger partial charge in [0.15, 0.2) is 0 Å². The van der Waals surface area contributed by atoms with Gasteiger partial charge >= 0.3 is 5.97 Å². The number of hydrogen-bond acceptors (Lipinski definition) is 4. The van der Waals surface area contributed by atoms with Gasteiger partial charge in [0, 0.05) is 6.61 Å². The van der Waals surface area contributed by atoms with E-state index in [0.29, 0.717) is 12.7 Å². The Labute approximate surface area is 94.5 Å². The van der Waals surface area contributed by atoms with E-state index in [9.17, 15) is 4.79 Å². The Kier molecular flexibility index (Phi) is 3.99. The highest BCUT2D eigenvalue weighted by atomic mass is 16.5. The zero-order valence-corrected chi connectivity index (χ0v) is 9.19. The third-order valence-corrected chi connectivity index (χ3v) is 2.65. The molecule has 0 amide bonds. The summed E-state index contributed by atoms with van der Waals surface area (Å²) in [5.41, 5.74) is 0. The van der Waals surface area contributed by atoms with Gasteiger partial charge < -0.3 is 13.9 Å². The normalized spacial score (nSPS) is 19.9. The van der Waals surface area contributed by atoms with Gasteiger partial charge in [-0.25, -0.2) is 4.79 Å². The van der Waals surface area contributed by atoms with Crippen LogP contribution >= 0.6 is 0 Å². The Bertz CT molecular complexity index is 312. The number of carbonyl (C=O) groups excluding carboxylic acids is 1. The van der Waals surface area contributed by atoms with Crippen molar-refractivity contribution in [3.8, 4) is 0 Å². The fraction of sp³-hybridized carbons (Fsp3) is 0.583. The molecule has 1 fully saturated rings. The van der Waals surface area contributed by atoms with Crippen LogP contribution in [0.1, 0.15) is 36.2 Å². The van der Waals surface area contributed by atoms with E-state index in [1.165, 1.54) is 6.26 Å². The summed E-state index contributed by atoms with van der Waals surface area (Å²) >= 11 is 0. The summed E-state index contributed by atoms with van der Waals surface area (Å²) in [4.78, 5) is 11.4. The lowest BCUT2D eigenvalue weighted by Gasteiger charge is -2.08. The fourth-order valence-corrected chi connectivity index (χ4v) is 1.81. The van der Waals surface area contributed by atoms with Crippen LogP contribution < -0.4 is 0 Å². The second-order valence-electron chi connectivity index (χ2n) is 3.89. The van der Waals surface area contributed by atoms with Crippen molar-refractivity contribution in [1.29, 1.82) is 0 Å². The molecule has 1 aliphatic rings. The SMILES string of the molecule is O=C(OCCCC1CCCO1)c1ccco1. The van der Waals surface area contributed by atoms with Crippen LogP contribution in [0.25, 0.3) is 0 Å². The van der Waals surface area contributed by atoms with E-state index in [-0.39, 0.29) is 5.76 Å². The molecule has 0 N–H and O–H groups in total. The highest BCUT2D eigenvalue weighted by Crippen LogP contribution is 2.16. The molecule has 16 heavy (non-hydrogen) atoms. The van der Waals surface area contributed by atoms with E-state index in [0.717, 1.165) is 32.3 Å². The first kappa shape index (κ1) is 11.2. The van der Waals surface area contributed by atoms with Gasteiger partial charge in [0.1, 0.15) is 0 Å². The van der Waals surface area contributed by atoms with E-state index in [4.69, 9.17) is 13.9 Å². The maximum absolute atomic E-state index is 11.4. The molecule has 0 radical (unpaired) electrons. The quantitative estimate of drug-likeness (QED) is 0.569. The van der Waals surface area contributed by atoms with Crippen molar-refractivity contribution in [2.24, 2.45) is 0 Å². The summed E-state index contributed by atoms with van der Waals surface area (Å²) < 4.78 is 15.5. The third kappa shape index (κ3) is 3.10. The smallest absolute Gasteiger partial charge is 0.374 e. The van der Waals surface area contributed by atoms with Gasteiger partial charge in [-0.1, -0.05) is 0 Å². The van der Waals surface area contributed by atoms with Crippen LogP contribution in [0, 0.1) is 0 Å². The van der Waals surface area contributed by atoms with Gasteiger partial charge in [-0.3, -0.25) is 0 Å². The monoisotopic (exact) mass is 224 g/mol. The first-order valence-corrected chi connectivity index (χ1v) is 5.68. The van der Waals surface area contributed by atoms with E-state index in [1.807, 2.05) is 0 Å². The Morgan fingerprint density at radius 3 is 3.19 bits per heavy atom. The van der Waals surface area contributed by atoms with E-state index in [1.54, 1.807) is 12.1 Å². The summed E-state index contributed by atoms with van der Waals surface area (Å²) in [6.45, 7) is 1.30. The topological polar surface area (TPSA) is 48.7 Å². The average molecular weight is 224 g/mol. The molecule has 0 spiro atoms. The molecule has 1 aliphatic heterocycles. The Morgan fingerprint density at radius 2 is 2.50 bits per heavy atom. The summed E-state index contributed by atoms with van der Waals surface area (Å²) in [7, 11) is 0. The molecule has 1 unspecified atom stereocenters. The van der Waals surface area contributed by atoms with Gasteiger partial charge in [-0.05, 0) is 37.8 Å². The van der Waals surface area contributed by atoms with Gasteiger partial charge in [-0.2, -0.15) is 0 Å². The number of rotatable bonds is 5. The van der Waals surface area contributed by atoms with E-state index in [2.05, 4.69) is 0 Å². The number of carbonyl (C=O) groups is 1. The second kappa shape index (κ2) is 5.70. The summed E-state index contributed by atoms with van der Waals surface area (Å²) in [5.74, 6) is -0.130. The minimum Gasteiger partial charge on any atom is -0.460 e. The summed E-state index contributed by atoms with van der Waals surface area (Å²) in [6, 6.07) is 3.27. The standard InChI is InChI=1S/C12H16O4/c13-12(11-6-3-8-15-11)16-9-2-5-10-4-1-7-14-10/h3,6,8,10H,1-2,4-5,7,9H2. The first-order valence-electron chi connectivity index (χ1n) is 5.68. The van der Waals surface area contributed by atoms with Crippen LogP contribution in [0.15, 0.2) is 22.8 Å². The van der Waals surface area contributed by atoms with E-state index < -0.39 is 5.97 Å². The van der Waals surface area contributed by atoms with Crippen LogP contribution in [0.2, 0.25) is 0 Å². The summed E-state index contributed by atoms with van der Waals surface area (Å²) in [5, 5.41) is 0. The lowest BCUT2D eigenvalue weighted by atomic mass is 10.1. The molecule has 1 saturated heterocycles. The molecule has 0 saturated carbocycles. The van der Waals surface area contributed by atoms with Crippen molar-refractivity contribution in [2.45, 2.75) is 31.8 Å². The molecule has 0 aromatic carbocycles. The predicted molar refractivity (Wildman–Crippen MR) is 57.2 cm³/mol. The van der Waals surface area contributed by atoms with Gasteiger partial charge in [0.2, 0.25) is 5.76 Å². The molecule has 2 rings (SSSR count). The number of esters is 1. The molecule has 0 aliphatic carbocycles. The van der Waals surface area contributed by atoms with Gasteiger partial charge in [-0.15, -0.1) is 0 Å². The van der Waals surface area contributed by atoms with Crippen LogP contribution in [0.4, 0.5) is 0 Å². The molecule has 88 valence electrons. The van der Waals surface area contributed by atoms with Gasteiger partial charge in [0.05, 0.1) is 19.0 Å². The number of furan rings is 1.